The molecule has 42 heavy (non-hydrogen) atoms. The van der Waals surface area contributed by atoms with Crippen LogP contribution < -0.4 is 10.6 Å². The standard InChI is InChI=1S/C30H31F3N6O3/c1-17-5-6-21(18(2)11-17)12-34-27-26-23(13-36-38(26)4)24(14-35-27)37-28(40)29(41)39-19(3)15-42-16-25(39)20-7-9-22(10-8-20)30(31,32)33/h5-11,13-14,19,25H,12,15-16H2,1-4H3,(H,34,35)(H,37,40). The van der Waals surface area contributed by atoms with Gasteiger partial charge in [-0.05, 0) is 49.6 Å². The van der Waals surface area contributed by atoms with Crippen molar-refractivity contribution in [3.8, 4) is 0 Å². The number of benzene rings is 2. The molecule has 1 aliphatic rings. The molecular formula is C30H31F3N6O3. The maximum absolute atomic E-state index is 13.5. The topological polar surface area (TPSA) is 101 Å². The van der Waals surface area contributed by atoms with Crippen LogP contribution in [-0.4, -0.2) is 50.7 Å². The molecule has 2 aromatic heterocycles. The lowest BCUT2D eigenvalue weighted by molar-refractivity contribution is -0.153. The van der Waals surface area contributed by atoms with Crippen molar-refractivity contribution in [3.05, 3.63) is 82.7 Å². The second kappa shape index (κ2) is 11.4. The summed E-state index contributed by atoms with van der Waals surface area (Å²) in [5.74, 6) is -1.16. The Labute approximate surface area is 240 Å². The molecule has 220 valence electrons. The molecule has 1 fully saturated rings. The summed E-state index contributed by atoms with van der Waals surface area (Å²) in [6.07, 6.45) is -1.43. The molecule has 2 unspecified atom stereocenters. The van der Waals surface area contributed by atoms with Gasteiger partial charge in [0.05, 0.1) is 48.9 Å². The van der Waals surface area contributed by atoms with Gasteiger partial charge in [-0.25, -0.2) is 4.98 Å². The third kappa shape index (κ3) is 5.80. The fourth-order valence-electron chi connectivity index (χ4n) is 5.23. The minimum absolute atomic E-state index is 0.0456. The van der Waals surface area contributed by atoms with Gasteiger partial charge in [-0.1, -0.05) is 35.9 Å². The number of aryl methyl sites for hydroxylation is 3. The van der Waals surface area contributed by atoms with Gasteiger partial charge in [0.1, 0.15) is 5.52 Å². The summed E-state index contributed by atoms with van der Waals surface area (Å²) in [7, 11) is 1.76. The molecule has 0 spiro atoms. The Morgan fingerprint density at radius 3 is 2.50 bits per heavy atom. The second-order valence-electron chi connectivity index (χ2n) is 10.5. The molecule has 2 aromatic carbocycles. The average molecular weight is 581 g/mol. The van der Waals surface area contributed by atoms with E-state index >= 15 is 0 Å². The number of anilines is 2. The van der Waals surface area contributed by atoms with Gasteiger partial charge in [0.25, 0.3) is 0 Å². The predicted molar refractivity (Wildman–Crippen MR) is 152 cm³/mol. The number of carbonyl (C=O) groups excluding carboxylic acids is 2. The fourth-order valence-corrected chi connectivity index (χ4v) is 5.23. The van der Waals surface area contributed by atoms with Crippen molar-refractivity contribution in [1.82, 2.24) is 19.7 Å². The first kappa shape index (κ1) is 29.1. The highest BCUT2D eigenvalue weighted by Crippen LogP contribution is 2.33. The molecule has 1 aliphatic heterocycles. The van der Waals surface area contributed by atoms with Crippen LogP contribution in [0.25, 0.3) is 10.9 Å². The van der Waals surface area contributed by atoms with Crippen LogP contribution in [0.3, 0.4) is 0 Å². The van der Waals surface area contributed by atoms with Gasteiger partial charge < -0.3 is 20.3 Å². The van der Waals surface area contributed by atoms with Crippen molar-refractivity contribution in [1.29, 1.82) is 0 Å². The number of morpholine rings is 1. The third-order valence-electron chi connectivity index (χ3n) is 7.47. The van der Waals surface area contributed by atoms with Crippen LogP contribution in [-0.2, 0) is 34.1 Å². The molecule has 4 aromatic rings. The van der Waals surface area contributed by atoms with E-state index in [1.165, 1.54) is 28.8 Å². The Bertz CT molecular complexity index is 1630. The van der Waals surface area contributed by atoms with Crippen LogP contribution in [0.15, 0.2) is 54.9 Å². The number of rotatable bonds is 5. The lowest BCUT2D eigenvalue weighted by Gasteiger charge is -2.40. The van der Waals surface area contributed by atoms with E-state index in [0.29, 0.717) is 34.5 Å². The van der Waals surface area contributed by atoms with E-state index in [4.69, 9.17) is 4.74 Å². The molecule has 5 rings (SSSR count). The Morgan fingerprint density at radius 2 is 1.81 bits per heavy atom. The van der Waals surface area contributed by atoms with E-state index in [9.17, 15) is 22.8 Å². The van der Waals surface area contributed by atoms with Crippen LogP contribution in [0.4, 0.5) is 24.7 Å². The van der Waals surface area contributed by atoms with Gasteiger partial charge in [-0.15, -0.1) is 0 Å². The summed E-state index contributed by atoms with van der Waals surface area (Å²) in [6.45, 7) is 6.57. The Morgan fingerprint density at radius 1 is 1.07 bits per heavy atom. The Balaban J connectivity index is 1.36. The third-order valence-corrected chi connectivity index (χ3v) is 7.47. The lowest BCUT2D eigenvalue weighted by atomic mass is 10.0. The number of hydrogen-bond donors (Lipinski definition) is 2. The van der Waals surface area contributed by atoms with Crippen LogP contribution in [0, 0.1) is 13.8 Å². The summed E-state index contributed by atoms with van der Waals surface area (Å²) in [5, 5.41) is 10.9. The number of amides is 2. The molecule has 9 nitrogen and oxygen atoms in total. The number of halogens is 3. The van der Waals surface area contributed by atoms with Crippen molar-refractivity contribution >= 4 is 34.2 Å². The SMILES string of the molecule is Cc1ccc(CNc2ncc(NC(=O)C(=O)N3C(C)COCC3c3ccc(C(F)(F)F)cc3)c3cnn(C)c23)c(C)c1. The number of nitrogens with one attached hydrogen (secondary N) is 2. The highest BCUT2D eigenvalue weighted by molar-refractivity contribution is 6.40. The van der Waals surface area contributed by atoms with Crippen LogP contribution >= 0.6 is 0 Å². The number of alkyl halides is 3. The molecule has 2 atom stereocenters. The molecule has 0 saturated carbocycles. The zero-order chi connectivity index (χ0) is 30.2. The van der Waals surface area contributed by atoms with Crippen LogP contribution in [0.1, 0.15) is 40.8 Å². The summed E-state index contributed by atoms with van der Waals surface area (Å²) in [4.78, 5) is 32.6. The molecule has 1 saturated heterocycles. The molecule has 2 amide bonds. The zero-order valence-corrected chi connectivity index (χ0v) is 23.6. The summed E-state index contributed by atoms with van der Waals surface area (Å²) in [6, 6.07) is 9.51. The van der Waals surface area contributed by atoms with Crippen molar-refractivity contribution in [2.75, 3.05) is 23.8 Å². The number of nitrogens with zero attached hydrogens (tertiary/aromatic N) is 4. The van der Waals surface area contributed by atoms with E-state index in [2.05, 4.69) is 32.8 Å². The monoisotopic (exact) mass is 580 g/mol. The molecular weight excluding hydrogens is 549 g/mol. The van der Waals surface area contributed by atoms with E-state index in [0.717, 1.165) is 23.3 Å². The van der Waals surface area contributed by atoms with E-state index < -0.39 is 35.6 Å². The zero-order valence-electron chi connectivity index (χ0n) is 23.6. The summed E-state index contributed by atoms with van der Waals surface area (Å²) >= 11 is 0. The number of hydrogen-bond acceptors (Lipinski definition) is 6. The number of fused-ring (bicyclic) bond motifs is 1. The van der Waals surface area contributed by atoms with Crippen LogP contribution in [0.5, 0.6) is 0 Å². The van der Waals surface area contributed by atoms with Crippen molar-refractivity contribution in [3.63, 3.8) is 0 Å². The van der Waals surface area contributed by atoms with Gasteiger partial charge in [0.2, 0.25) is 0 Å². The van der Waals surface area contributed by atoms with E-state index in [-0.39, 0.29) is 13.2 Å². The lowest BCUT2D eigenvalue weighted by Crippen LogP contribution is -2.52. The predicted octanol–water partition coefficient (Wildman–Crippen LogP) is 5.14. The highest BCUT2D eigenvalue weighted by Gasteiger charge is 2.38. The summed E-state index contributed by atoms with van der Waals surface area (Å²) < 4.78 is 46.4. The number of carbonyl (C=O) groups is 2. The fraction of sp³-hybridized carbons (Fsp3) is 0.333. The normalized spacial score (nSPS) is 17.4. The molecule has 0 aliphatic carbocycles. The summed E-state index contributed by atoms with van der Waals surface area (Å²) in [5.41, 5.74) is 4.03. The minimum Gasteiger partial charge on any atom is -0.377 e. The Hall–Kier alpha value is -4.45. The maximum Gasteiger partial charge on any atom is 0.416 e. The first-order valence-electron chi connectivity index (χ1n) is 13.4. The van der Waals surface area contributed by atoms with Crippen LogP contribution in [0.2, 0.25) is 0 Å². The molecule has 12 heteroatoms. The van der Waals surface area contributed by atoms with Crippen molar-refractivity contribution < 1.29 is 27.5 Å². The average Bonchev–Trinajstić information content (AvgIpc) is 3.34. The van der Waals surface area contributed by atoms with Gasteiger partial charge >= 0.3 is 18.0 Å². The van der Waals surface area contributed by atoms with Gasteiger partial charge in [0, 0.05) is 19.0 Å². The van der Waals surface area contributed by atoms with Gasteiger partial charge in [-0.2, -0.15) is 18.3 Å². The number of pyridine rings is 1. The molecule has 0 bridgehead atoms. The van der Waals surface area contributed by atoms with Crippen molar-refractivity contribution in [2.45, 2.75) is 45.6 Å². The van der Waals surface area contributed by atoms with E-state index in [1.54, 1.807) is 24.9 Å². The molecule has 3 heterocycles. The van der Waals surface area contributed by atoms with Gasteiger partial charge in [0.15, 0.2) is 5.82 Å². The quantitative estimate of drug-likeness (QED) is 0.317. The second-order valence-corrected chi connectivity index (χ2v) is 10.5. The van der Waals surface area contributed by atoms with Gasteiger partial charge in [-0.3, -0.25) is 14.3 Å². The Kier molecular flexibility index (Phi) is 7.91. The first-order chi connectivity index (χ1) is 19.9. The van der Waals surface area contributed by atoms with Crippen molar-refractivity contribution in [2.24, 2.45) is 7.05 Å². The minimum atomic E-state index is -4.49. The first-order valence-corrected chi connectivity index (χ1v) is 13.4. The highest BCUT2D eigenvalue weighted by atomic mass is 19.4. The molecule has 2 N–H and O–H groups in total. The maximum atomic E-state index is 13.5. The van der Waals surface area contributed by atoms with E-state index in [1.807, 2.05) is 19.9 Å². The number of ether oxygens (including phenoxy) is 1. The largest absolute Gasteiger partial charge is 0.416 e. The molecule has 0 radical (unpaired) electrons. The number of aromatic nitrogens is 3. The smallest absolute Gasteiger partial charge is 0.377 e.